The van der Waals surface area contributed by atoms with Gasteiger partial charge in [-0.15, -0.1) is 0 Å². The molecule has 0 saturated carbocycles. The van der Waals surface area contributed by atoms with Gasteiger partial charge >= 0.3 is 5.97 Å². The molecule has 1 aliphatic rings. The van der Waals surface area contributed by atoms with Crippen LogP contribution in [-0.2, 0) is 4.79 Å². The van der Waals surface area contributed by atoms with Crippen LogP contribution in [0.3, 0.4) is 0 Å². The second kappa shape index (κ2) is 5.50. The third kappa shape index (κ3) is 3.49. The Kier molecular flexibility index (Phi) is 4.58. The molecule has 0 spiro atoms. The lowest BCUT2D eigenvalue weighted by molar-refractivity contribution is -0.137. The second-order valence-corrected chi connectivity index (χ2v) is 4.77. The van der Waals surface area contributed by atoms with Gasteiger partial charge in [-0.2, -0.15) is 0 Å². The van der Waals surface area contributed by atoms with Crippen molar-refractivity contribution in [2.24, 2.45) is 5.41 Å². The summed E-state index contributed by atoms with van der Waals surface area (Å²) in [6.07, 6.45) is 4.71. The summed E-state index contributed by atoms with van der Waals surface area (Å²) >= 11 is 0. The molecule has 1 rings (SSSR count). The van der Waals surface area contributed by atoms with Crippen molar-refractivity contribution in [2.45, 2.75) is 46.0 Å². The average Bonchev–Trinajstić information content (AvgIpc) is 2.15. The van der Waals surface area contributed by atoms with Gasteiger partial charge in [-0.1, -0.05) is 13.8 Å². The predicted octanol–water partition coefficient (Wildman–Crippen LogP) is 2.36. The largest absolute Gasteiger partial charge is 0.481 e. The van der Waals surface area contributed by atoms with E-state index < -0.39 is 5.97 Å². The molecule has 1 saturated heterocycles. The lowest BCUT2D eigenvalue weighted by Crippen LogP contribution is -2.55. The molecule has 1 heterocycles. The smallest absolute Gasteiger partial charge is 0.303 e. The fourth-order valence-corrected chi connectivity index (χ4v) is 2.37. The van der Waals surface area contributed by atoms with Crippen molar-refractivity contribution in [2.75, 3.05) is 19.6 Å². The number of hydrogen-bond donors (Lipinski definition) is 1. The molecule has 0 bridgehead atoms. The van der Waals surface area contributed by atoms with Crippen LogP contribution in [0, 0.1) is 5.41 Å². The molecule has 0 aliphatic carbocycles. The van der Waals surface area contributed by atoms with Crippen molar-refractivity contribution >= 4 is 5.97 Å². The summed E-state index contributed by atoms with van der Waals surface area (Å²) in [6.45, 7) is 8.05. The van der Waals surface area contributed by atoms with Crippen LogP contribution in [0.15, 0.2) is 0 Å². The summed E-state index contributed by atoms with van der Waals surface area (Å²) in [5.41, 5.74) is 0.576. The summed E-state index contributed by atoms with van der Waals surface area (Å²) in [4.78, 5) is 12.8. The lowest BCUT2D eigenvalue weighted by atomic mass is 9.75. The summed E-state index contributed by atoms with van der Waals surface area (Å²) in [6, 6.07) is 0. The number of likely N-dealkylation sites (tertiary alicyclic amines) is 1. The van der Waals surface area contributed by atoms with Crippen LogP contribution in [0.4, 0.5) is 0 Å². The minimum Gasteiger partial charge on any atom is -0.481 e. The lowest BCUT2D eigenvalue weighted by Gasteiger charge is -2.50. The van der Waals surface area contributed by atoms with E-state index in [4.69, 9.17) is 5.11 Å². The number of carbonyl (C=O) groups is 1. The van der Waals surface area contributed by atoms with Gasteiger partial charge < -0.3 is 10.0 Å². The fourth-order valence-electron chi connectivity index (χ4n) is 2.37. The number of carboxylic acids is 1. The summed E-state index contributed by atoms with van der Waals surface area (Å²) in [5.74, 6) is -0.671. The summed E-state index contributed by atoms with van der Waals surface area (Å²) in [5, 5.41) is 8.50. The first-order chi connectivity index (χ1) is 7.12. The Hall–Kier alpha value is -0.570. The molecular formula is C12H23NO2. The number of rotatable bonds is 7. The molecule has 0 aromatic heterocycles. The highest BCUT2D eigenvalue weighted by Crippen LogP contribution is 2.36. The van der Waals surface area contributed by atoms with Gasteiger partial charge in [0, 0.05) is 19.5 Å². The molecule has 0 aromatic carbocycles. The highest BCUT2D eigenvalue weighted by atomic mass is 16.4. The van der Waals surface area contributed by atoms with Gasteiger partial charge in [0.1, 0.15) is 0 Å². The molecule has 3 heteroatoms. The molecule has 0 radical (unpaired) electrons. The van der Waals surface area contributed by atoms with Crippen molar-refractivity contribution in [3.63, 3.8) is 0 Å². The number of nitrogens with zero attached hydrogens (tertiary/aromatic N) is 1. The maximum Gasteiger partial charge on any atom is 0.303 e. The maximum atomic E-state index is 10.3. The minimum absolute atomic E-state index is 0.320. The van der Waals surface area contributed by atoms with Crippen LogP contribution in [0.25, 0.3) is 0 Å². The van der Waals surface area contributed by atoms with Gasteiger partial charge in [0.15, 0.2) is 0 Å². The van der Waals surface area contributed by atoms with Gasteiger partial charge in [0.25, 0.3) is 0 Å². The first-order valence-corrected chi connectivity index (χ1v) is 6.06. The molecule has 0 aromatic rings. The SMILES string of the molecule is CCC1(CC)CN(CCCCC(=O)O)C1. The van der Waals surface area contributed by atoms with Crippen molar-refractivity contribution in [3.05, 3.63) is 0 Å². The number of unbranched alkanes of at least 4 members (excludes halogenated alkanes) is 1. The first-order valence-electron chi connectivity index (χ1n) is 6.06. The standard InChI is InChI=1S/C12H23NO2/c1-3-12(4-2)9-13(10-12)8-6-5-7-11(14)15/h3-10H2,1-2H3,(H,14,15). The van der Waals surface area contributed by atoms with E-state index in [0.29, 0.717) is 11.8 Å². The molecule has 0 unspecified atom stereocenters. The number of hydrogen-bond acceptors (Lipinski definition) is 2. The third-order valence-corrected chi connectivity index (χ3v) is 3.73. The van der Waals surface area contributed by atoms with Crippen molar-refractivity contribution in [3.8, 4) is 0 Å². The molecular weight excluding hydrogens is 190 g/mol. The van der Waals surface area contributed by atoms with Crippen LogP contribution in [0.1, 0.15) is 46.0 Å². The second-order valence-electron chi connectivity index (χ2n) is 4.77. The Morgan fingerprint density at radius 3 is 2.33 bits per heavy atom. The normalized spacial score (nSPS) is 19.9. The van der Waals surface area contributed by atoms with Crippen molar-refractivity contribution < 1.29 is 9.90 Å². The average molecular weight is 213 g/mol. The highest BCUT2D eigenvalue weighted by Gasteiger charge is 2.38. The first kappa shape index (κ1) is 12.5. The molecule has 0 amide bonds. The van der Waals surface area contributed by atoms with E-state index >= 15 is 0 Å². The molecule has 1 aliphatic heterocycles. The molecule has 1 fully saturated rings. The van der Waals surface area contributed by atoms with Crippen molar-refractivity contribution in [1.82, 2.24) is 4.90 Å². The third-order valence-electron chi connectivity index (χ3n) is 3.73. The summed E-state index contributed by atoms with van der Waals surface area (Å²) < 4.78 is 0. The predicted molar refractivity (Wildman–Crippen MR) is 60.9 cm³/mol. The zero-order chi connectivity index (χ0) is 11.3. The molecule has 15 heavy (non-hydrogen) atoms. The number of aliphatic carboxylic acids is 1. The van der Waals surface area contributed by atoms with Crippen LogP contribution < -0.4 is 0 Å². The number of carboxylic acid groups (broad SMARTS) is 1. The molecule has 0 atom stereocenters. The Bertz CT molecular complexity index is 204. The molecule has 1 N–H and O–H groups in total. The van der Waals surface area contributed by atoms with E-state index in [1.165, 1.54) is 25.9 Å². The van der Waals surface area contributed by atoms with Crippen molar-refractivity contribution in [1.29, 1.82) is 0 Å². The fraction of sp³-hybridized carbons (Fsp3) is 0.917. The maximum absolute atomic E-state index is 10.3. The Labute approximate surface area is 92.5 Å². The van der Waals surface area contributed by atoms with Gasteiger partial charge in [0.2, 0.25) is 0 Å². The van der Waals surface area contributed by atoms with Crippen LogP contribution in [0.5, 0.6) is 0 Å². The zero-order valence-electron chi connectivity index (χ0n) is 9.96. The Morgan fingerprint density at radius 2 is 1.87 bits per heavy atom. The van der Waals surface area contributed by atoms with Crippen LogP contribution in [0.2, 0.25) is 0 Å². The zero-order valence-corrected chi connectivity index (χ0v) is 9.96. The van der Waals surface area contributed by atoms with E-state index in [0.717, 1.165) is 19.4 Å². The quantitative estimate of drug-likeness (QED) is 0.660. The van der Waals surface area contributed by atoms with E-state index in [1.54, 1.807) is 0 Å². The Morgan fingerprint density at radius 1 is 1.27 bits per heavy atom. The minimum atomic E-state index is -0.671. The van der Waals surface area contributed by atoms with Gasteiger partial charge in [-0.3, -0.25) is 4.79 Å². The van der Waals surface area contributed by atoms with E-state index in [-0.39, 0.29) is 0 Å². The highest BCUT2D eigenvalue weighted by molar-refractivity contribution is 5.66. The van der Waals surface area contributed by atoms with Gasteiger partial charge in [-0.25, -0.2) is 0 Å². The van der Waals surface area contributed by atoms with Gasteiger partial charge in [-0.05, 0) is 37.6 Å². The molecule has 88 valence electrons. The Balaban J connectivity index is 2.05. The topological polar surface area (TPSA) is 40.5 Å². The van der Waals surface area contributed by atoms with E-state index in [9.17, 15) is 4.79 Å². The van der Waals surface area contributed by atoms with E-state index in [1.807, 2.05) is 0 Å². The molecule has 3 nitrogen and oxygen atoms in total. The summed E-state index contributed by atoms with van der Waals surface area (Å²) in [7, 11) is 0. The van der Waals surface area contributed by atoms with E-state index in [2.05, 4.69) is 18.7 Å². The van der Waals surface area contributed by atoms with Gasteiger partial charge in [0.05, 0.1) is 0 Å². The monoisotopic (exact) mass is 213 g/mol. The van der Waals surface area contributed by atoms with Crippen LogP contribution in [-0.4, -0.2) is 35.6 Å². The van der Waals surface area contributed by atoms with Crippen LogP contribution >= 0.6 is 0 Å².